The molecule has 1 aromatic carbocycles. The average molecular weight is 563 g/mol. The number of halogens is 1. The number of rotatable bonds is 9. The standard InChI is InChI=1S/C34H39FO2S2/c35-26-8-6-20(7-9-26)29-14-21(3-1-2-19-4-5-19)30(37-29)16-31-32(36)28(33(38)39-31)11-10-27-22-12-24-15-25-13-23(27)18-34(24,25)17-22/h6-9,14,16,19,21-25,27-28,30H,1-5,10-13,15,17-18H2. The number of hydrogen-bond acceptors (Lipinski definition) is 4. The molecule has 2 nitrogen and oxygen atoms in total. The van der Waals surface area contributed by atoms with E-state index in [1.54, 1.807) is 12.1 Å². The van der Waals surface area contributed by atoms with Gasteiger partial charge in [0.05, 0.1) is 15.0 Å². The van der Waals surface area contributed by atoms with Crippen LogP contribution in [0.15, 0.2) is 41.3 Å². The summed E-state index contributed by atoms with van der Waals surface area (Å²) in [5, 5.41) is 0. The summed E-state index contributed by atoms with van der Waals surface area (Å²) in [6.45, 7) is 0. The monoisotopic (exact) mass is 562 g/mol. The number of Topliss-reactive ketones (excluding diaryl/α,β-unsaturated/α-hetero) is 1. The molecule has 8 rings (SSSR count). The normalized spacial score (nSPS) is 42.7. The number of carbonyl (C=O) groups is 1. The molecule has 0 amide bonds. The molecule has 7 atom stereocenters. The third kappa shape index (κ3) is 4.31. The number of thiocarbonyl (C=S) groups is 1. The molecule has 2 heterocycles. The van der Waals surface area contributed by atoms with Gasteiger partial charge in [-0.15, -0.1) is 0 Å². The summed E-state index contributed by atoms with van der Waals surface area (Å²) in [5.41, 5.74) is 1.66. The fourth-order valence-electron chi connectivity index (χ4n) is 9.96. The molecule has 0 aromatic heterocycles. The Morgan fingerprint density at radius 1 is 1.00 bits per heavy atom. The topological polar surface area (TPSA) is 26.3 Å². The van der Waals surface area contributed by atoms with Crippen LogP contribution in [0.4, 0.5) is 4.39 Å². The van der Waals surface area contributed by atoms with E-state index >= 15 is 0 Å². The zero-order valence-corrected chi connectivity index (χ0v) is 24.3. The predicted octanol–water partition coefficient (Wildman–Crippen LogP) is 8.76. The number of allylic oxidation sites excluding steroid dienone is 1. The smallest absolute Gasteiger partial charge is 0.178 e. The number of hydrogen-bond donors (Lipinski definition) is 0. The van der Waals surface area contributed by atoms with Gasteiger partial charge in [0, 0.05) is 11.5 Å². The Kier molecular flexibility index (Phi) is 6.18. The maximum atomic E-state index is 13.7. The van der Waals surface area contributed by atoms with Crippen LogP contribution < -0.4 is 0 Å². The number of ketones is 1. The van der Waals surface area contributed by atoms with Crippen LogP contribution in [0.2, 0.25) is 0 Å². The molecule has 1 saturated heterocycles. The van der Waals surface area contributed by atoms with Crippen LogP contribution in [-0.2, 0) is 9.53 Å². The summed E-state index contributed by atoms with van der Waals surface area (Å²) in [4.78, 5) is 14.5. The van der Waals surface area contributed by atoms with Gasteiger partial charge < -0.3 is 4.74 Å². The lowest BCUT2D eigenvalue weighted by atomic mass is 9.56. The quantitative estimate of drug-likeness (QED) is 0.222. The Morgan fingerprint density at radius 2 is 1.74 bits per heavy atom. The number of fused-ring (bicyclic) bond motifs is 2. The van der Waals surface area contributed by atoms with Gasteiger partial charge in [-0.3, -0.25) is 4.79 Å². The molecular weight excluding hydrogens is 524 g/mol. The van der Waals surface area contributed by atoms with E-state index in [1.807, 2.05) is 0 Å². The summed E-state index contributed by atoms with van der Waals surface area (Å²) >= 11 is 7.34. The van der Waals surface area contributed by atoms with Crippen LogP contribution in [-0.4, -0.2) is 16.1 Å². The second kappa shape index (κ2) is 9.54. The van der Waals surface area contributed by atoms with Gasteiger partial charge in [0.2, 0.25) is 0 Å². The molecule has 5 aliphatic carbocycles. The highest BCUT2D eigenvalue weighted by Gasteiger charge is 2.68. The van der Waals surface area contributed by atoms with Crippen molar-refractivity contribution in [3.63, 3.8) is 0 Å². The zero-order chi connectivity index (χ0) is 26.3. The lowest BCUT2D eigenvalue weighted by Gasteiger charge is -2.49. The molecular formula is C34H39FO2S2. The molecule has 5 saturated carbocycles. The van der Waals surface area contributed by atoms with Crippen molar-refractivity contribution in [1.29, 1.82) is 0 Å². The van der Waals surface area contributed by atoms with Crippen LogP contribution in [0.1, 0.15) is 82.6 Å². The van der Waals surface area contributed by atoms with Crippen molar-refractivity contribution < 1.29 is 13.9 Å². The molecule has 7 unspecified atom stereocenters. The van der Waals surface area contributed by atoms with Crippen LogP contribution in [0.5, 0.6) is 0 Å². The lowest BCUT2D eigenvalue weighted by molar-refractivity contribution is -0.116. The first-order chi connectivity index (χ1) is 19.0. The second-order valence-electron chi connectivity index (χ2n) is 14.0. The van der Waals surface area contributed by atoms with E-state index in [-0.39, 0.29) is 29.5 Å². The van der Waals surface area contributed by atoms with E-state index in [1.165, 1.54) is 88.1 Å². The number of ether oxygens (including phenoxy) is 1. The van der Waals surface area contributed by atoms with Gasteiger partial charge in [-0.1, -0.05) is 49.7 Å². The summed E-state index contributed by atoms with van der Waals surface area (Å²) in [6, 6.07) is 6.54. The van der Waals surface area contributed by atoms with E-state index in [0.717, 1.165) is 74.2 Å². The Labute approximate surface area is 241 Å². The van der Waals surface area contributed by atoms with Crippen molar-refractivity contribution in [2.45, 2.75) is 83.2 Å². The van der Waals surface area contributed by atoms with E-state index < -0.39 is 0 Å². The molecule has 0 N–H and O–H groups in total. The first-order valence-electron chi connectivity index (χ1n) is 15.6. The van der Waals surface area contributed by atoms with Gasteiger partial charge in [-0.25, -0.2) is 4.39 Å². The minimum absolute atomic E-state index is 0.112. The highest BCUT2D eigenvalue weighted by molar-refractivity contribution is 8.27. The molecule has 206 valence electrons. The van der Waals surface area contributed by atoms with Crippen LogP contribution >= 0.6 is 24.0 Å². The van der Waals surface area contributed by atoms with Crippen LogP contribution in [0.3, 0.4) is 0 Å². The van der Waals surface area contributed by atoms with Gasteiger partial charge in [0.25, 0.3) is 0 Å². The van der Waals surface area contributed by atoms with E-state index in [4.69, 9.17) is 17.0 Å². The molecule has 6 fully saturated rings. The van der Waals surface area contributed by atoms with Crippen molar-refractivity contribution >= 4 is 39.7 Å². The summed E-state index contributed by atoms with van der Waals surface area (Å²) in [6.07, 6.45) is 19.9. The molecule has 1 spiro atoms. The van der Waals surface area contributed by atoms with Crippen molar-refractivity contribution in [2.75, 3.05) is 0 Å². The summed E-state index contributed by atoms with van der Waals surface area (Å²) < 4.78 is 20.8. The maximum absolute atomic E-state index is 13.7. The largest absolute Gasteiger partial charge is 0.485 e. The van der Waals surface area contributed by atoms with E-state index in [9.17, 15) is 9.18 Å². The van der Waals surface area contributed by atoms with E-state index in [2.05, 4.69) is 12.2 Å². The number of carbonyl (C=O) groups excluding carboxylic acids is 1. The molecule has 39 heavy (non-hydrogen) atoms. The van der Waals surface area contributed by atoms with Crippen LogP contribution in [0.25, 0.3) is 5.76 Å². The zero-order valence-electron chi connectivity index (χ0n) is 22.7. The van der Waals surface area contributed by atoms with E-state index in [0.29, 0.717) is 0 Å². The van der Waals surface area contributed by atoms with Crippen molar-refractivity contribution in [1.82, 2.24) is 0 Å². The highest BCUT2D eigenvalue weighted by atomic mass is 32.2. The van der Waals surface area contributed by atoms with Gasteiger partial charge >= 0.3 is 0 Å². The molecule has 0 radical (unpaired) electrons. The van der Waals surface area contributed by atoms with Gasteiger partial charge in [0.1, 0.15) is 17.7 Å². The first-order valence-corrected chi connectivity index (χ1v) is 16.8. The molecule has 7 aliphatic rings. The van der Waals surface area contributed by atoms with Gasteiger partial charge in [-0.2, -0.15) is 0 Å². The minimum atomic E-state index is -0.241. The van der Waals surface area contributed by atoms with Gasteiger partial charge in [0.15, 0.2) is 5.78 Å². The fourth-order valence-corrected chi connectivity index (χ4v) is 11.5. The number of benzene rings is 1. The van der Waals surface area contributed by atoms with Crippen molar-refractivity contribution in [3.8, 4) is 0 Å². The third-order valence-electron chi connectivity index (χ3n) is 12.0. The summed E-state index contributed by atoms with van der Waals surface area (Å²) in [7, 11) is 0. The van der Waals surface area contributed by atoms with Gasteiger partial charge in [-0.05, 0) is 129 Å². The Morgan fingerprint density at radius 3 is 2.46 bits per heavy atom. The summed E-state index contributed by atoms with van der Waals surface area (Å²) in [5.74, 6) is 6.52. The SMILES string of the molecule is O=C1C(=CC2OC(c3ccc(F)cc3)=CC2CCCC2CC2)SC(=S)C1CCC1C2CC3CC4CC1CC34C2. The third-order valence-corrected chi connectivity index (χ3v) is 13.6. The highest BCUT2D eigenvalue weighted by Crippen LogP contribution is 2.77. The lowest BCUT2D eigenvalue weighted by Crippen LogP contribution is -2.41. The van der Waals surface area contributed by atoms with Crippen molar-refractivity contribution in [2.24, 2.45) is 52.8 Å². The molecule has 3 bridgehead atoms. The first kappa shape index (κ1) is 25.3. The fraction of sp³-hybridized carbons (Fsp3) is 0.647. The van der Waals surface area contributed by atoms with Crippen LogP contribution in [0, 0.1) is 58.6 Å². The maximum Gasteiger partial charge on any atom is 0.178 e. The number of thioether (sulfide) groups is 1. The molecule has 5 heteroatoms. The molecule has 2 aliphatic heterocycles. The Bertz CT molecular complexity index is 1220. The second-order valence-corrected chi connectivity index (χ2v) is 15.8. The Hall–Kier alpha value is -1.46. The predicted molar refractivity (Wildman–Crippen MR) is 158 cm³/mol. The Balaban J connectivity index is 0.948. The average Bonchev–Trinajstić information content (AvgIpc) is 3.46. The van der Waals surface area contributed by atoms with Crippen molar-refractivity contribution in [3.05, 3.63) is 52.7 Å². The minimum Gasteiger partial charge on any atom is -0.485 e. The molecule has 1 aromatic rings.